The zero-order valence-corrected chi connectivity index (χ0v) is 20.0. The summed E-state index contributed by atoms with van der Waals surface area (Å²) in [7, 11) is 0. The van der Waals surface area contributed by atoms with Crippen LogP contribution in [0.15, 0.2) is 117 Å². The molecule has 0 atom stereocenters. The van der Waals surface area contributed by atoms with E-state index in [-0.39, 0.29) is 0 Å². The van der Waals surface area contributed by atoms with Gasteiger partial charge in [-0.3, -0.25) is 0 Å². The van der Waals surface area contributed by atoms with E-state index in [1.165, 1.54) is 42.3 Å². The molecule has 1 aliphatic heterocycles. The molecule has 0 unspecified atom stereocenters. The maximum atomic E-state index is 2.36. The number of para-hydroxylation sites is 2. The van der Waals surface area contributed by atoms with Crippen molar-refractivity contribution in [2.45, 2.75) is 33.4 Å². The van der Waals surface area contributed by atoms with Gasteiger partial charge in [0, 0.05) is 55.4 Å². The standard InChI is InChI=1S/C28H26N2S2/c1-3-29(21-11-7-5-8-12-21)23-15-17-25-27(19-23)31-26-18-16-24(20-28(26)32-25)30(4-2)22-13-9-6-10-14-22/h5-20H,3-4H2,1-2H3. The summed E-state index contributed by atoms with van der Waals surface area (Å²) in [6.45, 7) is 6.29. The average Bonchev–Trinajstić information content (AvgIpc) is 2.85. The van der Waals surface area contributed by atoms with Crippen LogP contribution in [0, 0.1) is 0 Å². The lowest BCUT2D eigenvalue weighted by molar-refractivity contribution is 1.01. The van der Waals surface area contributed by atoms with Gasteiger partial charge in [0.05, 0.1) is 0 Å². The third kappa shape index (κ3) is 4.13. The molecule has 0 radical (unpaired) electrons. The number of hydrogen-bond donors (Lipinski definition) is 0. The molecule has 4 aromatic carbocycles. The zero-order valence-electron chi connectivity index (χ0n) is 18.4. The van der Waals surface area contributed by atoms with Crippen LogP contribution in [0.2, 0.25) is 0 Å². The molecule has 0 spiro atoms. The highest BCUT2D eigenvalue weighted by atomic mass is 32.2. The first-order valence-electron chi connectivity index (χ1n) is 11.1. The van der Waals surface area contributed by atoms with Crippen molar-refractivity contribution < 1.29 is 0 Å². The van der Waals surface area contributed by atoms with Crippen LogP contribution in [0.25, 0.3) is 0 Å². The number of benzene rings is 4. The second-order valence-electron chi connectivity index (χ2n) is 7.63. The minimum Gasteiger partial charge on any atom is -0.342 e. The van der Waals surface area contributed by atoms with Crippen molar-refractivity contribution in [3.8, 4) is 0 Å². The smallest absolute Gasteiger partial charge is 0.0422 e. The lowest BCUT2D eigenvalue weighted by Crippen LogP contribution is -2.16. The van der Waals surface area contributed by atoms with Gasteiger partial charge in [0.15, 0.2) is 0 Å². The predicted molar refractivity (Wildman–Crippen MR) is 139 cm³/mol. The lowest BCUT2D eigenvalue weighted by atomic mass is 10.2. The quantitative estimate of drug-likeness (QED) is 0.253. The van der Waals surface area contributed by atoms with Crippen LogP contribution < -0.4 is 9.80 Å². The van der Waals surface area contributed by atoms with Gasteiger partial charge in [-0.15, -0.1) is 0 Å². The van der Waals surface area contributed by atoms with E-state index in [0.29, 0.717) is 0 Å². The van der Waals surface area contributed by atoms with Gasteiger partial charge in [0.1, 0.15) is 0 Å². The summed E-state index contributed by atoms with van der Waals surface area (Å²) in [5.74, 6) is 0. The molecule has 1 heterocycles. The Morgan fingerprint density at radius 1 is 0.469 bits per heavy atom. The van der Waals surface area contributed by atoms with Crippen LogP contribution in [0.5, 0.6) is 0 Å². The van der Waals surface area contributed by atoms with E-state index in [9.17, 15) is 0 Å². The Balaban J connectivity index is 1.43. The number of fused-ring (bicyclic) bond motifs is 2. The van der Waals surface area contributed by atoms with Crippen LogP contribution in [0.3, 0.4) is 0 Å². The summed E-state index contributed by atoms with van der Waals surface area (Å²) in [5, 5.41) is 0. The maximum absolute atomic E-state index is 2.36. The third-order valence-electron chi connectivity index (χ3n) is 5.69. The van der Waals surface area contributed by atoms with Crippen molar-refractivity contribution in [3.63, 3.8) is 0 Å². The molecule has 160 valence electrons. The van der Waals surface area contributed by atoms with Gasteiger partial charge in [0.25, 0.3) is 0 Å². The molecule has 1 aliphatic rings. The van der Waals surface area contributed by atoms with Crippen molar-refractivity contribution in [2.75, 3.05) is 22.9 Å². The monoisotopic (exact) mass is 454 g/mol. The number of anilines is 4. The first-order chi connectivity index (χ1) is 15.8. The predicted octanol–water partition coefficient (Wildman–Crippen LogP) is 8.62. The molecule has 4 aromatic rings. The largest absolute Gasteiger partial charge is 0.342 e. The summed E-state index contributed by atoms with van der Waals surface area (Å²) < 4.78 is 0. The van der Waals surface area contributed by atoms with Crippen molar-refractivity contribution in [1.29, 1.82) is 0 Å². The zero-order chi connectivity index (χ0) is 21.9. The van der Waals surface area contributed by atoms with E-state index in [4.69, 9.17) is 0 Å². The van der Waals surface area contributed by atoms with Crippen LogP contribution in [0.1, 0.15) is 13.8 Å². The molecule has 32 heavy (non-hydrogen) atoms. The molecule has 5 rings (SSSR count). The SMILES string of the molecule is CCN(c1ccccc1)c1ccc2c(c1)Sc1ccc(N(CC)c3ccccc3)cc1S2. The van der Waals surface area contributed by atoms with Crippen molar-refractivity contribution in [2.24, 2.45) is 0 Å². The fourth-order valence-corrected chi connectivity index (χ4v) is 6.40. The van der Waals surface area contributed by atoms with Crippen LogP contribution >= 0.6 is 23.5 Å². The van der Waals surface area contributed by atoms with Gasteiger partial charge < -0.3 is 9.80 Å². The summed E-state index contributed by atoms with van der Waals surface area (Å²) in [5.41, 5.74) is 4.95. The van der Waals surface area contributed by atoms with Crippen LogP contribution in [0.4, 0.5) is 22.7 Å². The highest BCUT2D eigenvalue weighted by Gasteiger charge is 2.20. The minimum absolute atomic E-state index is 0.937. The molecule has 2 nitrogen and oxygen atoms in total. The molecular weight excluding hydrogens is 428 g/mol. The average molecular weight is 455 g/mol. The van der Waals surface area contributed by atoms with Gasteiger partial charge in [-0.25, -0.2) is 0 Å². The van der Waals surface area contributed by atoms with Gasteiger partial charge in [0.2, 0.25) is 0 Å². The number of rotatable bonds is 6. The minimum atomic E-state index is 0.937. The van der Waals surface area contributed by atoms with Crippen LogP contribution in [-0.2, 0) is 0 Å². The maximum Gasteiger partial charge on any atom is 0.0422 e. The molecule has 4 heteroatoms. The molecule has 0 aliphatic carbocycles. The van der Waals surface area contributed by atoms with Gasteiger partial charge in [-0.1, -0.05) is 59.9 Å². The molecule has 0 saturated heterocycles. The third-order valence-corrected chi connectivity index (χ3v) is 8.21. The topological polar surface area (TPSA) is 6.48 Å². The molecule has 0 amide bonds. The van der Waals surface area contributed by atoms with E-state index in [1.807, 2.05) is 23.5 Å². The first-order valence-corrected chi connectivity index (χ1v) is 12.7. The molecule has 0 fully saturated rings. The Labute approximate surface area is 199 Å². The van der Waals surface area contributed by atoms with E-state index in [1.54, 1.807) is 0 Å². The fourth-order valence-electron chi connectivity index (χ4n) is 4.14. The summed E-state index contributed by atoms with van der Waals surface area (Å²) >= 11 is 3.76. The summed E-state index contributed by atoms with van der Waals surface area (Å²) in [6, 6.07) is 35.0. The van der Waals surface area contributed by atoms with Gasteiger partial charge in [-0.2, -0.15) is 0 Å². The second-order valence-corrected chi connectivity index (χ2v) is 9.79. The van der Waals surface area contributed by atoms with E-state index < -0.39 is 0 Å². The van der Waals surface area contributed by atoms with Gasteiger partial charge >= 0.3 is 0 Å². The number of hydrogen-bond acceptors (Lipinski definition) is 4. The van der Waals surface area contributed by atoms with Crippen LogP contribution in [-0.4, -0.2) is 13.1 Å². The van der Waals surface area contributed by atoms with E-state index in [0.717, 1.165) is 13.1 Å². The van der Waals surface area contributed by atoms with Gasteiger partial charge in [-0.05, 0) is 74.5 Å². The lowest BCUT2D eigenvalue weighted by Gasteiger charge is -2.27. The summed E-state index contributed by atoms with van der Waals surface area (Å²) in [6.07, 6.45) is 0. The van der Waals surface area contributed by atoms with Crippen molar-refractivity contribution in [1.82, 2.24) is 0 Å². The Morgan fingerprint density at radius 3 is 1.25 bits per heavy atom. The Kier molecular flexibility index (Phi) is 6.15. The van der Waals surface area contributed by atoms with E-state index >= 15 is 0 Å². The number of nitrogens with zero attached hydrogens (tertiary/aromatic N) is 2. The Hall–Kier alpha value is -2.82. The normalized spacial score (nSPS) is 12.1. The first kappa shape index (κ1) is 21.0. The molecule has 0 aromatic heterocycles. The Morgan fingerprint density at radius 2 is 0.875 bits per heavy atom. The molecule has 0 bridgehead atoms. The van der Waals surface area contributed by atoms with Crippen molar-refractivity contribution in [3.05, 3.63) is 97.1 Å². The molecular formula is C28H26N2S2. The Bertz CT molecular complexity index is 1110. The molecule has 0 N–H and O–H groups in total. The van der Waals surface area contributed by atoms with E-state index in [2.05, 4.69) is 121 Å². The van der Waals surface area contributed by atoms with Crippen molar-refractivity contribution >= 4 is 46.3 Å². The second kappa shape index (κ2) is 9.35. The highest BCUT2D eigenvalue weighted by molar-refractivity contribution is 8.05. The highest BCUT2D eigenvalue weighted by Crippen LogP contribution is 2.50. The fraction of sp³-hybridized carbons (Fsp3) is 0.143. The summed E-state index contributed by atoms with van der Waals surface area (Å²) in [4.78, 5) is 10.0. The molecule has 0 saturated carbocycles.